The molecule has 0 spiro atoms. The molecule has 0 radical (unpaired) electrons. The molecule has 1 aromatic carbocycles. The maximum Gasteiger partial charge on any atom is 0.320 e. The fraction of sp³-hybridized carbons (Fsp3) is 0.500. The maximum atomic E-state index is 12.2. The molecular weight excluding hydrogens is 268 g/mol. The molecule has 2 N–H and O–H groups in total. The van der Waals surface area contributed by atoms with Crippen LogP contribution < -0.4 is 5.32 Å². The third-order valence-corrected chi connectivity index (χ3v) is 4.36. The van der Waals surface area contributed by atoms with Crippen LogP contribution in [0.3, 0.4) is 0 Å². The van der Waals surface area contributed by atoms with Gasteiger partial charge in [0.25, 0.3) is 5.91 Å². The van der Waals surface area contributed by atoms with Crippen LogP contribution in [0.15, 0.2) is 24.3 Å². The van der Waals surface area contributed by atoms with Gasteiger partial charge in [0.05, 0.1) is 0 Å². The van der Waals surface area contributed by atoms with Gasteiger partial charge in [-0.25, -0.2) is 0 Å². The van der Waals surface area contributed by atoms with Crippen molar-refractivity contribution in [1.29, 1.82) is 0 Å². The predicted octanol–water partition coefficient (Wildman–Crippen LogP) is 1.14. The van der Waals surface area contributed by atoms with Crippen LogP contribution in [-0.2, 0) is 11.2 Å². The van der Waals surface area contributed by atoms with Gasteiger partial charge in [-0.1, -0.05) is 12.1 Å². The molecule has 3 rings (SSSR count). The molecule has 2 aliphatic heterocycles. The molecule has 2 saturated heterocycles. The van der Waals surface area contributed by atoms with E-state index in [0.29, 0.717) is 12.3 Å². The van der Waals surface area contributed by atoms with Crippen molar-refractivity contribution in [3.63, 3.8) is 0 Å². The lowest BCUT2D eigenvalue weighted by Gasteiger charge is -2.31. The summed E-state index contributed by atoms with van der Waals surface area (Å²) in [7, 11) is 0. The third-order valence-electron chi connectivity index (χ3n) is 4.36. The van der Waals surface area contributed by atoms with Crippen molar-refractivity contribution in [3.05, 3.63) is 35.4 Å². The summed E-state index contributed by atoms with van der Waals surface area (Å²) in [6.07, 6.45) is 2.56. The topological polar surface area (TPSA) is 69.6 Å². The van der Waals surface area contributed by atoms with Crippen LogP contribution in [0.5, 0.6) is 0 Å². The van der Waals surface area contributed by atoms with Crippen LogP contribution in [0.25, 0.3) is 0 Å². The van der Waals surface area contributed by atoms with Crippen molar-refractivity contribution in [2.75, 3.05) is 19.6 Å². The first-order valence-electron chi connectivity index (χ1n) is 7.48. The van der Waals surface area contributed by atoms with Gasteiger partial charge >= 0.3 is 5.97 Å². The molecule has 0 saturated carbocycles. The minimum absolute atomic E-state index is 0.107. The molecule has 2 unspecified atom stereocenters. The van der Waals surface area contributed by atoms with Crippen LogP contribution in [0.1, 0.15) is 28.8 Å². The number of carbonyl (C=O) groups is 2. The molecule has 1 aromatic rings. The Bertz CT molecular complexity index is 554. The first-order valence-corrected chi connectivity index (χ1v) is 7.48. The van der Waals surface area contributed by atoms with Crippen molar-refractivity contribution in [2.45, 2.75) is 25.3 Å². The first-order chi connectivity index (χ1) is 10.1. The van der Waals surface area contributed by atoms with E-state index in [1.165, 1.54) is 0 Å². The average Bonchev–Trinajstić information content (AvgIpc) is 2.86. The lowest BCUT2D eigenvalue weighted by atomic mass is 9.95. The molecule has 21 heavy (non-hydrogen) atoms. The molecule has 112 valence electrons. The summed E-state index contributed by atoms with van der Waals surface area (Å²) < 4.78 is 0. The summed E-state index contributed by atoms with van der Waals surface area (Å²) in [4.78, 5) is 25.0. The molecule has 1 amide bonds. The fourth-order valence-electron chi connectivity index (χ4n) is 3.02. The number of nitrogens with zero attached hydrogens (tertiary/aromatic N) is 1. The van der Waals surface area contributed by atoms with E-state index in [2.05, 4.69) is 5.32 Å². The Hall–Kier alpha value is -1.88. The summed E-state index contributed by atoms with van der Waals surface area (Å²) in [6, 6.07) is 7.31. The second-order valence-electron chi connectivity index (χ2n) is 5.95. The van der Waals surface area contributed by atoms with E-state index in [9.17, 15) is 9.59 Å². The zero-order chi connectivity index (χ0) is 14.8. The van der Waals surface area contributed by atoms with Crippen molar-refractivity contribution in [1.82, 2.24) is 10.2 Å². The summed E-state index contributed by atoms with van der Waals surface area (Å²) in [5.74, 6) is -0.351. The zero-order valence-corrected chi connectivity index (χ0v) is 11.9. The van der Waals surface area contributed by atoms with Gasteiger partial charge in [-0.15, -0.1) is 0 Å². The number of amides is 1. The molecular formula is C16H20N2O3. The summed E-state index contributed by atoms with van der Waals surface area (Å²) in [5.41, 5.74) is 1.85. The molecule has 2 atom stereocenters. The Morgan fingerprint density at radius 2 is 2.14 bits per heavy atom. The molecule has 2 fully saturated rings. The molecule has 0 bridgehead atoms. The summed E-state index contributed by atoms with van der Waals surface area (Å²) >= 11 is 0. The van der Waals surface area contributed by atoms with E-state index in [-0.39, 0.29) is 5.91 Å². The molecule has 5 heteroatoms. The molecule has 0 aromatic heterocycles. The van der Waals surface area contributed by atoms with Crippen LogP contribution in [0, 0.1) is 5.92 Å². The van der Waals surface area contributed by atoms with Crippen LogP contribution in [-0.4, -0.2) is 47.6 Å². The Kier molecular flexibility index (Phi) is 3.92. The SMILES string of the molecule is O=C(O)C1CC(Cc2cccc(C(=O)N3CCC3)c2)CN1. The van der Waals surface area contributed by atoms with Crippen molar-refractivity contribution >= 4 is 11.9 Å². The van der Waals surface area contributed by atoms with E-state index in [0.717, 1.165) is 43.6 Å². The predicted molar refractivity (Wildman–Crippen MR) is 78.2 cm³/mol. The van der Waals surface area contributed by atoms with Gasteiger partial charge in [0, 0.05) is 18.7 Å². The van der Waals surface area contributed by atoms with Gasteiger partial charge in [-0.3, -0.25) is 9.59 Å². The second-order valence-corrected chi connectivity index (χ2v) is 5.95. The number of carbonyl (C=O) groups excluding carboxylic acids is 1. The quantitative estimate of drug-likeness (QED) is 0.871. The first kappa shape index (κ1) is 14.1. The second kappa shape index (κ2) is 5.85. The number of carboxylic acid groups (broad SMARTS) is 1. The highest BCUT2D eigenvalue weighted by Gasteiger charge is 2.29. The number of nitrogens with one attached hydrogen (secondary N) is 1. The minimum atomic E-state index is -0.779. The smallest absolute Gasteiger partial charge is 0.320 e. The highest BCUT2D eigenvalue weighted by Crippen LogP contribution is 2.21. The fourth-order valence-corrected chi connectivity index (χ4v) is 3.02. The van der Waals surface area contributed by atoms with Crippen molar-refractivity contribution in [2.24, 2.45) is 5.92 Å². The van der Waals surface area contributed by atoms with E-state index in [1.807, 2.05) is 29.2 Å². The number of likely N-dealkylation sites (tertiary alicyclic amines) is 1. The van der Waals surface area contributed by atoms with Crippen LogP contribution in [0.2, 0.25) is 0 Å². The van der Waals surface area contributed by atoms with Crippen molar-refractivity contribution < 1.29 is 14.7 Å². The Balaban J connectivity index is 1.63. The van der Waals surface area contributed by atoms with E-state index >= 15 is 0 Å². The molecule has 2 aliphatic rings. The summed E-state index contributed by atoms with van der Waals surface area (Å²) in [5, 5.41) is 12.0. The van der Waals surface area contributed by atoms with E-state index < -0.39 is 12.0 Å². The van der Waals surface area contributed by atoms with Gasteiger partial charge in [0.15, 0.2) is 0 Å². The van der Waals surface area contributed by atoms with Gasteiger partial charge < -0.3 is 15.3 Å². The lowest BCUT2D eigenvalue weighted by Crippen LogP contribution is -2.42. The maximum absolute atomic E-state index is 12.2. The number of carboxylic acids is 1. The minimum Gasteiger partial charge on any atom is -0.480 e. The number of benzene rings is 1. The standard InChI is InChI=1S/C16H20N2O3/c19-15(18-5-2-6-18)13-4-1-3-11(8-13)7-12-9-14(16(20)21)17-10-12/h1,3-4,8,12,14,17H,2,5-7,9-10H2,(H,20,21). The lowest BCUT2D eigenvalue weighted by molar-refractivity contribution is -0.139. The van der Waals surface area contributed by atoms with Gasteiger partial charge in [-0.05, 0) is 49.4 Å². The van der Waals surface area contributed by atoms with Crippen LogP contribution in [0.4, 0.5) is 0 Å². The molecule has 2 heterocycles. The number of rotatable bonds is 4. The molecule has 5 nitrogen and oxygen atoms in total. The van der Waals surface area contributed by atoms with Gasteiger partial charge in [0.2, 0.25) is 0 Å². The zero-order valence-electron chi connectivity index (χ0n) is 11.9. The Morgan fingerprint density at radius 3 is 2.76 bits per heavy atom. The highest BCUT2D eigenvalue weighted by atomic mass is 16.4. The number of aliphatic carboxylic acids is 1. The van der Waals surface area contributed by atoms with Gasteiger partial charge in [-0.2, -0.15) is 0 Å². The average molecular weight is 288 g/mol. The Labute approximate surface area is 123 Å². The van der Waals surface area contributed by atoms with Crippen LogP contribution >= 0.6 is 0 Å². The van der Waals surface area contributed by atoms with Crippen molar-refractivity contribution in [3.8, 4) is 0 Å². The number of hydrogen-bond acceptors (Lipinski definition) is 3. The third kappa shape index (κ3) is 3.08. The number of hydrogen-bond donors (Lipinski definition) is 2. The van der Waals surface area contributed by atoms with E-state index in [1.54, 1.807) is 0 Å². The highest BCUT2D eigenvalue weighted by molar-refractivity contribution is 5.94. The van der Waals surface area contributed by atoms with Gasteiger partial charge in [0.1, 0.15) is 6.04 Å². The van der Waals surface area contributed by atoms with E-state index in [4.69, 9.17) is 5.11 Å². The monoisotopic (exact) mass is 288 g/mol. The largest absolute Gasteiger partial charge is 0.480 e. The molecule has 0 aliphatic carbocycles. The Morgan fingerprint density at radius 1 is 1.33 bits per heavy atom. The normalized spacial score (nSPS) is 24.7. The summed E-state index contributed by atoms with van der Waals surface area (Å²) in [6.45, 7) is 2.44.